The van der Waals surface area contributed by atoms with Crippen LogP contribution in [0.3, 0.4) is 0 Å². The van der Waals surface area contributed by atoms with Crippen molar-refractivity contribution in [3.63, 3.8) is 0 Å². The lowest BCUT2D eigenvalue weighted by Crippen LogP contribution is -2.38. The first-order valence-electron chi connectivity index (χ1n) is 8.62. The number of fused-ring (bicyclic) bond motifs is 1. The molecule has 0 unspecified atom stereocenters. The number of carbonyl (C=O) groups is 1. The van der Waals surface area contributed by atoms with Gasteiger partial charge in [-0.3, -0.25) is 4.57 Å². The molecule has 1 amide bonds. The van der Waals surface area contributed by atoms with Crippen LogP contribution in [0, 0.1) is 11.6 Å². The van der Waals surface area contributed by atoms with Crippen molar-refractivity contribution in [1.29, 1.82) is 0 Å². The summed E-state index contributed by atoms with van der Waals surface area (Å²) in [4.78, 5) is 35.5. The third-order valence-electron chi connectivity index (χ3n) is 4.77. The Kier molecular flexibility index (Phi) is 4.21. The van der Waals surface area contributed by atoms with E-state index in [9.17, 15) is 18.4 Å². The molecule has 27 heavy (non-hydrogen) atoms. The van der Waals surface area contributed by atoms with Gasteiger partial charge in [-0.1, -0.05) is 6.07 Å². The molecule has 2 aromatic heterocycles. The summed E-state index contributed by atoms with van der Waals surface area (Å²) >= 11 is 0. The Morgan fingerprint density at radius 3 is 2.63 bits per heavy atom. The third kappa shape index (κ3) is 2.98. The molecule has 3 aromatic rings. The quantitative estimate of drug-likeness (QED) is 0.689. The molecule has 0 bridgehead atoms. The highest BCUT2D eigenvalue weighted by Crippen LogP contribution is 2.16. The number of rotatable bonds is 2. The van der Waals surface area contributed by atoms with Crippen LogP contribution in [0.15, 0.2) is 29.2 Å². The molecular weight excluding hydrogens is 356 g/mol. The predicted molar refractivity (Wildman–Crippen MR) is 93.5 cm³/mol. The van der Waals surface area contributed by atoms with Crippen LogP contribution < -0.4 is 5.69 Å². The minimum absolute atomic E-state index is 0.147. The standard InChI is InChI=1S/C18H17F2N5O2/c1-23-14-10-21-15(9-11-4-5-12(19)13(20)8-11)22-16(14)25(17(23)26)18(27)24-6-2-3-7-24/h4-5,8,10H,2-3,6-7,9H2,1H3. The van der Waals surface area contributed by atoms with Crippen molar-refractivity contribution in [2.45, 2.75) is 19.3 Å². The fraction of sp³-hybridized carbons (Fsp3) is 0.333. The Morgan fingerprint density at radius 1 is 1.19 bits per heavy atom. The molecule has 0 radical (unpaired) electrons. The first kappa shape index (κ1) is 17.3. The molecule has 4 rings (SSSR count). The summed E-state index contributed by atoms with van der Waals surface area (Å²) in [5.74, 6) is -1.57. The number of carbonyl (C=O) groups excluding carboxylic acids is 1. The topological polar surface area (TPSA) is 73.0 Å². The zero-order chi connectivity index (χ0) is 19.1. The van der Waals surface area contributed by atoms with Crippen molar-refractivity contribution >= 4 is 17.2 Å². The van der Waals surface area contributed by atoms with Crippen LogP contribution in [-0.2, 0) is 13.5 Å². The molecular formula is C18H17F2N5O2. The summed E-state index contributed by atoms with van der Waals surface area (Å²) in [6, 6.07) is 3.16. The van der Waals surface area contributed by atoms with E-state index < -0.39 is 23.4 Å². The van der Waals surface area contributed by atoms with E-state index in [0.717, 1.165) is 29.5 Å². The van der Waals surface area contributed by atoms with Gasteiger partial charge in [0.1, 0.15) is 11.3 Å². The fourth-order valence-corrected chi connectivity index (χ4v) is 3.29. The van der Waals surface area contributed by atoms with Gasteiger partial charge in [0, 0.05) is 26.6 Å². The number of aryl methyl sites for hydroxylation is 1. The van der Waals surface area contributed by atoms with E-state index in [2.05, 4.69) is 9.97 Å². The van der Waals surface area contributed by atoms with Gasteiger partial charge in [-0.05, 0) is 30.5 Å². The lowest BCUT2D eigenvalue weighted by Gasteiger charge is -2.14. The normalized spacial score (nSPS) is 14.3. The monoisotopic (exact) mass is 373 g/mol. The molecule has 140 valence electrons. The van der Waals surface area contributed by atoms with Crippen LogP contribution in [0.4, 0.5) is 13.6 Å². The smallest absolute Gasteiger partial charge is 0.324 e. The first-order valence-corrected chi connectivity index (χ1v) is 8.62. The van der Waals surface area contributed by atoms with Crippen LogP contribution in [-0.4, -0.2) is 43.1 Å². The van der Waals surface area contributed by atoms with E-state index >= 15 is 0 Å². The molecule has 0 atom stereocenters. The Labute approximate surface area is 152 Å². The zero-order valence-corrected chi connectivity index (χ0v) is 14.7. The third-order valence-corrected chi connectivity index (χ3v) is 4.77. The molecule has 1 aliphatic heterocycles. The first-order chi connectivity index (χ1) is 13.0. The number of likely N-dealkylation sites (tertiary alicyclic amines) is 1. The van der Waals surface area contributed by atoms with Gasteiger partial charge in [0.05, 0.1) is 6.20 Å². The summed E-state index contributed by atoms with van der Waals surface area (Å²) in [6.07, 6.45) is 3.42. The maximum absolute atomic E-state index is 13.4. The number of aromatic nitrogens is 4. The molecule has 9 heteroatoms. The average Bonchev–Trinajstić information content (AvgIpc) is 3.26. The highest BCUT2D eigenvalue weighted by molar-refractivity contribution is 5.87. The number of imidazole rings is 1. The van der Waals surface area contributed by atoms with E-state index in [1.807, 2.05) is 0 Å². The van der Waals surface area contributed by atoms with Crippen LogP contribution in [0.25, 0.3) is 11.2 Å². The van der Waals surface area contributed by atoms with Gasteiger partial charge in [0.15, 0.2) is 17.3 Å². The zero-order valence-electron chi connectivity index (χ0n) is 14.7. The number of nitrogens with zero attached hydrogens (tertiary/aromatic N) is 5. The largest absolute Gasteiger partial charge is 0.338 e. The van der Waals surface area contributed by atoms with Crippen molar-refractivity contribution < 1.29 is 13.6 Å². The molecule has 1 aromatic carbocycles. The lowest BCUT2D eigenvalue weighted by molar-refractivity contribution is 0.210. The SMILES string of the molecule is Cn1c(=O)n(C(=O)N2CCCC2)c2nc(Cc3ccc(F)c(F)c3)ncc21. The highest BCUT2D eigenvalue weighted by atomic mass is 19.2. The summed E-state index contributed by atoms with van der Waals surface area (Å²) in [6.45, 7) is 1.21. The number of hydrogen-bond donors (Lipinski definition) is 0. The number of halogens is 2. The second kappa shape index (κ2) is 6.57. The van der Waals surface area contributed by atoms with Crippen molar-refractivity contribution in [3.05, 3.63) is 57.9 Å². The van der Waals surface area contributed by atoms with Gasteiger partial charge in [-0.15, -0.1) is 0 Å². The van der Waals surface area contributed by atoms with E-state index in [-0.39, 0.29) is 12.1 Å². The maximum atomic E-state index is 13.4. The van der Waals surface area contributed by atoms with Crippen molar-refractivity contribution in [2.24, 2.45) is 7.05 Å². The van der Waals surface area contributed by atoms with Gasteiger partial charge in [0.2, 0.25) is 0 Å². The van der Waals surface area contributed by atoms with Gasteiger partial charge >= 0.3 is 11.7 Å². The second-order valence-corrected chi connectivity index (χ2v) is 6.57. The van der Waals surface area contributed by atoms with Gasteiger partial charge < -0.3 is 4.90 Å². The van der Waals surface area contributed by atoms with Crippen LogP contribution in [0.1, 0.15) is 24.2 Å². The average molecular weight is 373 g/mol. The minimum atomic E-state index is -0.950. The van der Waals surface area contributed by atoms with Gasteiger partial charge in [0.25, 0.3) is 0 Å². The molecule has 7 nitrogen and oxygen atoms in total. The lowest BCUT2D eigenvalue weighted by atomic mass is 10.1. The second-order valence-electron chi connectivity index (χ2n) is 6.57. The van der Waals surface area contributed by atoms with Gasteiger partial charge in [-0.2, -0.15) is 4.57 Å². The summed E-state index contributed by atoms with van der Waals surface area (Å²) in [5, 5.41) is 0. The van der Waals surface area contributed by atoms with E-state index in [1.165, 1.54) is 16.8 Å². The maximum Gasteiger partial charge on any atom is 0.338 e. The minimum Gasteiger partial charge on any atom is -0.324 e. The number of benzene rings is 1. The molecule has 1 saturated heterocycles. The summed E-state index contributed by atoms with van der Waals surface area (Å²) < 4.78 is 28.9. The van der Waals surface area contributed by atoms with Crippen molar-refractivity contribution in [2.75, 3.05) is 13.1 Å². The highest BCUT2D eigenvalue weighted by Gasteiger charge is 2.25. The Hall–Kier alpha value is -3.10. The molecule has 0 spiro atoms. The summed E-state index contributed by atoms with van der Waals surface area (Å²) in [5.41, 5.74) is 0.652. The Balaban J connectivity index is 1.76. The molecule has 0 N–H and O–H groups in total. The van der Waals surface area contributed by atoms with Crippen LogP contribution in [0.2, 0.25) is 0 Å². The number of hydrogen-bond acceptors (Lipinski definition) is 4. The molecule has 0 aliphatic carbocycles. The molecule has 0 saturated carbocycles. The van der Waals surface area contributed by atoms with Gasteiger partial charge in [-0.25, -0.2) is 28.3 Å². The van der Waals surface area contributed by atoms with Crippen LogP contribution >= 0.6 is 0 Å². The summed E-state index contributed by atoms with van der Waals surface area (Å²) in [7, 11) is 1.55. The molecule has 1 aliphatic rings. The van der Waals surface area contributed by atoms with E-state index in [1.54, 1.807) is 11.9 Å². The van der Waals surface area contributed by atoms with E-state index in [0.29, 0.717) is 30.0 Å². The molecule has 1 fully saturated rings. The number of amides is 1. The fourth-order valence-electron chi connectivity index (χ4n) is 3.29. The molecule has 3 heterocycles. The van der Waals surface area contributed by atoms with Crippen molar-refractivity contribution in [1.82, 2.24) is 24.0 Å². The van der Waals surface area contributed by atoms with Crippen LogP contribution in [0.5, 0.6) is 0 Å². The van der Waals surface area contributed by atoms with E-state index in [4.69, 9.17) is 0 Å². The predicted octanol–water partition coefficient (Wildman–Crippen LogP) is 2.06. The Bertz CT molecular complexity index is 1100. The Morgan fingerprint density at radius 2 is 1.93 bits per heavy atom. The van der Waals surface area contributed by atoms with Crippen molar-refractivity contribution in [3.8, 4) is 0 Å².